The van der Waals surface area contributed by atoms with E-state index in [4.69, 9.17) is 0 Å². The van der Waals surface area contributed by atoms with Crippen LogP contribution in [0.15, 0.2) is 36.4 Å². The minimum atomic E-state index is -0.000563. The van der Waals surface area contributed by atoms with E-state index in [9.17, 15) is 0 Å². The number of rotatable bonds is 0. The second-order valence-electron chi connectivity index (χ2n) is 2.25. The Hall–Kier alpha value is -0.660. The first-order valence-electron chi connectivity index (χ1n) is 3.45. The molecule has 11 heavy (non-hydrogen) atoms. The van der Waals surface area contributed by atoms with Crippen LogP contribution in [-0.4, -0.2) is 3.67 Å². The smallest absolute Gasteiger partial charge is 0.0223 e. The highest BCUT2D eigenvalue weighted by Gasteiger charge is 1.94. The fourth-order valence-electron chi connectivity index (χ4n) is 0.975. The quantitative estimate of drug-likeness (QED) is 0.624. The number of hydrogen-bond acceptors (Lipinski definition) is 0. The van der Waals surface area contributed by atoms with Crippen molar-refractivity contribution in [2.75, 3.05) is 0 Å². The number of benzene rings is 1. The van der Waals surface area contributed by atoms with Crippen LogP contribution in [0.3, 0.4) is 0 Å². The molecule has 0 saturated heterocycles. The third kappa shape index (κ3) is 1.50. The van der Waals surface area contributed by atoms with Crippen molar-refractivity contribution in [1.82, 2.24) is 0 Å². The summed E-state index contributed by atoms with van der Waals surface area (Å²) in [6.45, 7) is 0. The minimum Gasteiger partial charge on any atom is -0.0819 e. The molecule has 54 valence electrons. The Morgan fingerprint density at radius 3 is 3.09 bits per heavy atom. The molecule has 0 amide bonds. The first-order chi connectivity index (χ1) is 5.47. The van der Waals surface area contributed by atoms with Gasteiger partial charge in [-0.05, 0) is 38.4 Å². The van der Waals surface area contributed by atoms with Crippen LogP contribution in [-0.2, 0) is 0 Å². The predicted octanol–water partition coefficient (Wildman–Crippen LogP) is 2.81. The molecule has 1 aromatic rings. The maximum absolute atomic E-state index is 3.30. The van der Waals surface area contributed by atoms with E-state index in [2.05, 4.69) is 40.1 Å². The van der Waals surface area contributed by atoms with Crippen LogP contribution in [0.2, 0.25) is 0 Å². The monoisotopic (exact) mass is 254 g/mol. The lowest BCUT2D eigenvalue weighted by molar-refractivity contribution is 1.60. The van der Waals surface area contributed by atoms with Crippen molar-refractivity contribution in [2.24, 2.45) is 0 Å². The Balaban J connectivity index is 2.67. The average molecular weight is 254 g/mol. The SMILES string of the molecule is C1=CC=Cc2ccccc2I=1. The molecule has 0 spiro atoms. The van der Waals surface area contributed by atoms with Crippen molar-refractivity contribution in [3.8, 4) is 0 Å². The number of allylic oxidation sites excluding steroid dienone is 2. The van der Waals surface area contributed by atoms with E-state index in [0.29, 0.717) is 0 Å². The Morgan fingerprint density at radius 1 is 1.18 bits per heavy atom. The maximum atomic E-state index is 3.30. The summed E-state index contributed by atoms with van der Waals surface area (Å²) in [5.41, 5.74) is 1.36. The fraction of sp³-hybridized carbons (Fsp3) is 0. The number of halogens is 1. The zero-order chi connectivity index (χ0) is 7.52. The Morgan fingerprint density at radius 2 is 2.09 bits per heavy atom. The van der Waals surface area contributed by atoms with Gasteiger partial charge in [0.25, 0.3) is 0 Å². The second kappa shape index (κ2) is 3.16. The van der Waals surface area contributed by atoms with Gasteiger partial charge >= 0.3 is 0 Å². The van der Waals surface area contributed by atoms with Gasteiger partial charge < -0.3 is 0 Å². The average Bonchev–Trinajstić information content (AvgIpc) is 2.28. The molecule has 0 saturated carbocycles. The molecule has 0 radical (unpaired) electrons. The van der Waals surface area contributed by atoms with Gasteiger partial charge in [-0.2, -0.15) is 0 Å². The van der Waals surface area contributed by atoms with Crippen LogP contribution in [0.5, 0.6) is 0 Å². The highest BCUT2D eigenvalue weighted by molar-refractivity contribution is 14.2. The van der Waals surface area contributed by atoms with E-state index < -0.39 is 0 Å². The van der Waals surface area contributed by atoms with E-state index >= 15 is 0 Å². The summed E-state index contributed by atoms with van der Waals surface area (Å²) in [5, 5.41) is 0. The van der Waals surface area contributed by atoms with Crippen LogP contribution in [0.1, 0.15) is 5.56 Å². The van der Waals surface area contributed by atoms with E-state index in [-0.39, 0.29) is 20.7 Å². The van der Waals surface area contributed by atoms with Gasteiger partial charge in [-0.1, -0.05) is 34.0 Å². The minimum absolute atomic E-state index is 0.000563. The fourth-order valence-corrected chi connectivity index (χ4v) is 2.76. The summed E-state index contributed by atoms with van der Waals surface area (Å²) >= 11 is -0.000563. The third-order valence-electron chi connectivity index (χ3n) is 1.50. The van der Waals surface area contributed by atoms with Crippen LogP contribution in [0.25, 0.3) is 6.08 Å². The molecule has 0 fully saturated rings. The molecule has 0 nitrogen and oxygen atoms in total. The van der Waals surface area contributed by atoms with Crippen LogP contribution in [0, 0.1) is 3.57 Å². The van der Waals surface area contributed by atoms with Gasteiger partial charge in [0.05, 0.1) is 0 Å². The Labute approximate surface area is 76.0 Å². The second-order valence-corrected chi connectivity index (χ2v) is 4.58. The molecule has 0 unspecified atom stereocenters. The highest BCUT2D eigenvalue weighted by Crippen LogP contribution is 2.18. The molecule has 1 heteroatoms. The zero-order valence-corrected chi connectivity index (χ0v) is 8.08. The summed E-state index contributed by atoms with van der Waals surface area (Å²) in [6.07, 6.45) is 6.23. The van der Waals surface area contributed by atoms with Gasteiger partial charge in [0.15, 0.2) is 0 Å². The number of hydrogen-bond donors (Lipinski definition) is 0. The van der Waals surface area contributed by atoms with E-state index in [1.54, 1.807) is 0 Å². The van der Waals surface area contributed by atoms with Crippen molar-refractivity contribution >= 4 is 30.5 Å². The molecule has 2 rings (SSSR count). The lowest BCUT2D eigenvalue weighted by Gasteiger charge is -1.95. The Bertz CT molecular complexity index is 355. The normalized spacial score (nSPS) is 13.5. The van der Waals surface area contributed by atoms with Crippen molar-refractivity contribution < 1.29 is 0 Å². The molecular formula is C10H7I. The lowest BCUT2D eigenvalue weighted by Crippen LogP contribution is -1.76. The first-order valence-corrected chi connectivity index (χ1v) is 5.61. The van der Waals surface area contributed by atoms with E-state index in [1.807, 2.05) is 6.08 Å². The summed E-state index contributed by atoms with van der Waals surface area (Å²) in [5.74, 6) is 0. The predicted molar refractivity (Wildman–Crippen MR) is 57.8 cm³/mol. The molecule has 1 aromatic carbocycles. The molecule has 0 aromatic heterocycles. The van der Waals surface area contributed by atoms with Gasteiger partial charge in [0.2, 0.25) is 0 Å². The summed E-state index contributed by atoms with van der Waals surface area (Å²) in [4.78, 5) is 0. The molecule has 1 aliphatic rings. The standard InChI is InChI=1S/C10H7I/c1-2-7-10-9(5-1)6-3-4-8-11-10/h1-7H. The lowest BCUT2D eigenvalue weighted by atomic mass is 10.2. The first kappa shape index (κ1) is 7.01. The molecule has 0 aliphatic carbocycles. The van der Waals surface area contributed by atoms with E-state index in [1.165, 1.54) is 9.13 Å². The molecule has 0 N–H and O–H groups in total. The molecule has 1 aliphatic heterocycles. The van der Waals surface area contributed by atoms with Gasteiger partial charge in [-0.15, -0.1) is 0 Å². The van der Waals surface area contributed by atoms with Crippen molar-refractivity contribution in [3.63, 3.8) is 0 Å². The van der Waals surface area contributed by atoms with Crippen molar-refractivity contribution in [1.29, 1.82) is 0 Å². The van der Waals surface area contributed by atoms with Crippen molar-refractivity contribution in [2.45, 2.75) is 0 Å². The maximum Gasteiger partial charge on any atom is 0.0223 e. The molecule has 0 bridgehead atoms. The largest absolute Gasteiger partial charge is 0.0819 e. The highest BCUT2D eigenvalue weighted by atomic mass is 127. The summed E-state index contributed by atoms with van der Waals surface area (Å²) < 4.78 is 4.77. The zero-order valence-electron chi connectivity index (χ0n) is 5.92. The molecule has 0 atom stereocenters. The summed E-state index contributed by atoms with van der Waals surface area (Å²) in [6, 6.07) is 8.53. The van der Waals surface area contributed by atoms with Gasteiger partial charge in [0.1, 0.15) is 0 Å². The topological polar surface area (TPSA) is 0 Å². The van der Waals surface area contributed by atoms with Gasteiger partial charge in [-0.25, -0.2) is 0 Å². The third-order valence-corrected chi connectivity index (χ3v) is 3.73. The Kier molecular flexibility index (Phi) is 2.01. The van der Waals surface area contributed by atoms with Crippen LogP contribution in [0.4, 0.5) is 0 Å². The van der Waals surface area contributed by atoms with Gasteiger partial charge in [-0.3, -0.25) is 0 Å². The van der Waals surface area contributed by atoms with Gasteiger partial charge in [0, 0.05) is 3.57 Å². The number of fused-ring (bicyclic) bond motifs is 1. The summed E-state index contributed by atoms with van der Waals surface area (Å²) in [7, 11) is 0. The van der Waals surface area contributed by atoms with Crippen molar-refractivity contribution in [3.05, 3.63) is 45.6 Å². The molecule has 1 heterocycles. The molecular weight excluding hydrogens is 247 g/mol. The van der Waals surface area contributed by atoms with Crippen LogP contribution >= 0.6 is 20.7 Å². The van der Waals surface area contributed by atoms with Crippen LogP contribution < -0.4 is 0 Å². The van der Waals surface area contributed by atoms with E-state index in [0.717, 1.165) is 0 Å².